The minimum Gasteiger partial charge on any atom is -0.480 e. The fraction of sp³-hybridized carbons (Fsp3) is 0.312. The summed E-state index contributed by atoms with van der Waals surface area (Å²) in [5.74, 6) is -2.21. The molecule has 2 aromatic rings. The topological polar surface area (TPSA) is 137 Å². The molecule has 8 nitrogen and oxygen atoms in total. The van der Waals surface area contributed by atoms with Gasteiger partial charge in [0.05, 0.1) is 12.6 Å². The summed E-state index contributed by atoms with van der Waals surface area (Å²) in [5, 5.41) is 15.0. The quantitative estimate of drug-likeness (QED) is 0.476. The first-order valence-electron chi connectivity index (χ1n) is 7.49. The monoisotopic (exact) mass is 332 g/mol. The molecule has 0 spiro atoms. The maximum absolute atomic E-state index is 11.8. The van der Waals surface area contributed by atoms with Crippen molar-refractivity contribution in [2.75, 3.05) is 6.54 Å². The van der Waals surface area contributed by atoms with Crippen molar-refractivity contribution in [1.29, 1.82) is 0 Å². The Labute approximate surface area is 138 Å². The third kappa shape index (κ3) is 4.32. The van der Waals surface area contributed by atoms with Crippen molar-refractivity contribution >= 4 is 28.7 Å². The number of hydrogen-bond acceptors (Lipinski definition) is 4. The number of nitrogens with two attached hydrogens (primary N) is 1. The Balaban J connectivity index is 2.01. The first-order chi connectivity index (χ1) is 11.4. The highest BCUT2D eigenvalue weighted by Gasteiger charge is 2.22. The van der Waals surface area contributed by atoms with Crippen LogP contribution in [0.2, 0.25) is 0 Å². The maximum atomic E-state index is 11.8. The molecule has 1 aromatic carbocycles. The minimum absolute atomic E-state index is 0.131. The zero-order valence-corrected chi connectivity index (χ0v) is 13.2. The van der Waals surface area contributed by atoms with Gasteiger partial charge in [0.1, 0.15) is 6.04 Å². The number of aromatic nitrogens is 1. The smallest absolute Gasteiger partial charge is 0.326 e. The largest absolute Gasteiger partial charge is 0.480 e. The number of para-hydroxylation sites is 1. The molecule has 0 radical (unpaired) electrons. The zero-order chi connectivity index (χ0) is 17.7. The number of nitrogens with one attached hydrogen (secondary N) is 3. The van der Waals surface area contributed by atoms with Crippen LogP contribution in [0, 0.1) is 0 Å². The van der Waals surface area contributed by atoms with E-state index in [4.69, 9.17) is 5.73 Å². The standard InChI is InChI=1S/C16H20N4O4/c1-9(17)15(22)19-8-14(21)20-13(16(23)24)6-10-7-18-12-5-3-2-4-11(10)12/h2-5,7,9,13,18H,6,8,17H2,1H3,(H,19,22)(H,20,21)(H,23,24)/t9-,13-/m0/s1. The Morgan fingerprint density at radius 1 is 1.29 bits per heavy atom. The van der Waals surface area contributed by atoms with E-state index < -0.39 is 29.9 Å². The molecule has 128 valence electrons. The number of carboxylic acid groups (broad SMARTS) is 1. The summed E-state index contributed by atoms with van der Waals surface area (Å²) >= 11 is 0. The molecule has 2 rings (SSSR count). The van der Waals surface area contributed by atoms with Crippen LogP contribution in [0.5, 0.6) is 0 Å². The van der Waals surface area contributed by atoms with Crippen molar-refractivity contribution in [3.63, 3.8) is 0 Å². The van der Waals surface area contributed by atoms with Gasteiger partial charge in [-0.05, 0) is 18.6 Å². The molecular formula is C16H20N4O4. The van der Waals surface area contributed by atoms with Crippen LogP contribution in [0.3, 0.4) is 0 Å². The number of benzene rings is 1. The molecule has 0 aliphatic carbocycles. The second kappa shape index (κ2) is 7.60. The van der Waals surface area contributed by atoms with Crippen LogP contribution < -0.4 is 16.4 Å². The predicted octanol–water partition coefficient (Wildman–Crippen LogP) is -0.257. The van der Waals surface area contributed by atoms with Crippen LogP contribution >= 0.6 is 0 Å². The molecule has 0 saturated heterocycles. The lowest BCUT2D eigenvalue weighted by atomic mass is 10.0. The van der Waals surface area contributed by atoms with Gasteiger partial charge in [-0.15, -0.1) is 0 Å². The van der Waals surface area contributed by atoms with Crippen LogP contribution in [0.1, 0.15) is 12.5 Å². The zero-order valence-electron chi connectivity index (χ0n) is 13.2. The van der Waals surface area contributed by atoms with Crippen molar-refractivity contribution in [1.82, 2.24) is 15.6 Å². The van der Waals surface area contributed by atoms with Gasteiger partial charge < -0.3 is 26.5 Å². The number of aromatic amines is 1. The Morgan fingerprint density at radius 2 is 2.00 bits per heavy atom. The predicted molar refractivity (Wildman–Crippen MR) is 88.2 cm³/mol. The van der Waals surface area contributed by atoms with E-state index in [2.05, 4.69) is 15.6 Å². The van der Waals surface area contributed by atoms with E-state index >= 15 is 0 Å². The number of rotatable bonds is 7. The number of fused-ring (bicyclic) bond motifs is 1. The molecule has 24 heavy (non-hydrogen) atoms. The molecule has 1 heterocycles. The number of H-pyrrole nitrogens is 1. The van der Waals surface area contributed by atoms with E-state index in [0.29, 0.717) is 0 Å². The Hall–Kier alpha value is -2.87. The second-order valence-electron chi connectivity index (χ2n) is 5.53. The van der Waals surface area contributed by atoms with Gasteiger partial charge in [0.25, 0.3) is 0 Å². The second-order valence-corrected chi connectivity index (χ2v) is 5.53. The van der Waals surface area contributed by atoms with Gasteiger partial charge >= 0.3 is 5.97 Å². The van der Waals surface area contributed by atoms with E-state index in [1.165, 1.54) is 6.92 Å². The molecule has 0 bridgehead atoms. The van der Waals surface area contributed by atoms with Crippen molar-refractivity contribution in [3.05, 3.63) is 36.0 Å². The summed E-state index contributed by atoms with van der Waals surface area (Å²) < 4.78 is 0. The number of carboxylic acids is 1. The van der Waals surface area contributed by atoms with E-state index in [0.717, 1.165) is 16.5 Å². The molecule has 0 saturated carbocycles. The van der Waals surface area contributed by atoms with Crippen LogP contribution in [0.15, 0.2) is 30.5 Å². The minimum atomic E-state index is -1.15. The van der Waals surface area contributed by atoms with Gasteiger partial charge in [-0.25, -0.2) is 4.79 Å². The molecular weight excluding hydrogens is 312 g/mol. The fourth-order valence-electron chi connectivity index (χ4n) is 2.29. The summed E-state index contributed by atoms with van der Waals surface area (Å²) in [7, 11) is 0. The SMILES string of the molecule is C[C@H](N)C(=O)NCC(=O)N[C@@H](Cc1c[nH]c2ccccc12)C(=O)O. The van der Waals surface area contributed by atoms with Crippen LogP contribution in [0.25, 0.3) is 10.9 Å². The van der Waals surface area contributed by atoms with Gasteiger partial charge in [-0.2, -0.15) is 0 Å². The Kier molecular flexibility index (Phi) is 5.54. The van der Waals surface area contributed by atoms with Crippen molar-refractivity contribution in [3.8, 4) is 0 Å². The lowest BCUT2D eigenvalue weighted by molar-refractivity contribution is -0.141. The average molecular weight is 332 g/mol. The summed E-state index contributed by atoms with van der Waals surface area (Å²) in [4.78, 5) is 37.6. The number of carbonyl (C=O) groups is 3. The highest BCUT2D eigenvalue weighted by atomic mass is 16.4. The normalized spacial score (nSPS) is 13.2. The highest BCUT2D eigenvalue weighted by Crippen LogP contribution is 2.19. The van der Waals surface area contributed by atoms with Crippen molar-refractivity contribution < 1.29 is 19.5 Å². The van der Waals surface area contributed by atoms with Gasteiger partial charge in [-0.1, -0.05) is 18.2 Å². The summed E-state index contributed by atoms with van der Waals surface area (Å²) in [6.07, 6.45) is 1.86. The highest BCUT2D eigenvalue weighted by molar-refractivity contribution is 5.90. The van der Waals surface area contributed by atoms with Gasteiger partial charge in [0.2, 0.25) is 11.8 Å². The average Bonchev–Trinajstić information content (AvgIpc) is 2.95. The molecule has 2 atom stereocenters. The first kappa shape index (κ1) is 17.5. The fourth-order valence-corrected chi connectivity index (χ4v) is 2.29. The Morgan fingerprint density at radius 3 is 2.67 bits per heavy atom. The van der Waals surface area contributed by atoms with Gasteiger partial charge in [0.15, 0.2) is 0 Å². The molecule has 0 aliphatic heterocycles. The van der Waals surface area contributed by atoms with Crippen LogP contribution in [-0.2, 0) is 20.8 Å². The van der Waals surface area contributed by atoms with E-state index in [1.54, 1.807) is 6.20 Å². The number of aliphatic carboxylic acids is 1. The van der Waals surface area contributed by atoms with E-state index in [9.17, 15) is 19.5 Å². The molecule has 2 amide bonds. The number of amides is 2. The van der Waals surface area contributed by atoms with Crippen molar-refractivity contribution in [2.45, 2.75) is 25.4 Å². The number of hydrogen-bond donors (Lipinski definition) is 5. The molecule has 6 N–H and O–H groups in total. The lowest BCUT2D eigenvalue weighted by Gasteiger charge is -2.15. The summed E-state index contributed by atoms with van der Waals surface area (Å²) in [5.41, 5.74) is 7.06. The Bertz CT molecular complexity index is 753. The van der Waals surface area contributed by atoms with Gasteiger partial charge in [-0.3, -0.25) is 9.59 Å². The first-order valence-corrected chi connectivity index (χ1v) is 7.49. The van der Waals surface area contributed by atoms with Crippen LogP contribution in [0.4, 0.5) is 0 Å². The molecule has 0 aliphatic rings. The third-order valence-corrected chi connectivity index (χ3v) is 3.57. The summed E-state index contributed by atoms with van der Waals surface area (Å²) in [6.45, 7) is 1.17. The molecule has 1 aromatic heterocycles. The lowest BCUT2D eigenvalue weighted by Crippen LogP contribution is -2.48. The van der Waals surface area contributed by atoms with Gasteiger partial charge in [0, 0.05) is 23.5 Å². The van der Waals surface area contributed by atoms with E-state index in [-0.39, 0.29) is 13.0 Å². The molecule has 0 unspecified atom stereocenters. The summed E-state index contributed by atoms with van der Waals surface area (Å²) in [6, 6.07) is 5.67. The molecule has 0 fully saturated rings. The van der Waals surface area contributed by atoms with E-state index in [1.807, 2.05) is 24.3 Å². The number of carbonyl (C=O) groups excluding carboxylic acids is 2. The van der Waals surface area contributed by atoms with Crippen LogP contribution in [-0.4, -0.2) is 46.5 Å². The third-order valence-electron chi connectivity index (χ3n) is 3.57. The van der Waals surface area contributed by atoms with Crippen molar-refractivity contribution in [2.24, 2.45) is 5.73 Å². The maximum Gasteiger partial charge on any atom is 0.326 e. The molecule has 8 heteroatoms.